The van der Waals surface area contributed by atoms with Crippen LogP contribution in [0, 0.1) is 10.1 Å². The van der Waals surface area contributed by atoms with Gasteiger partial charge >= 0.3 is 6.18 Å². The maximum Gasteiger partial charge on any atom is 0.416 e. The van der Waals surface area contributed by atoms with Crippen molar-refractivity contribution in [3.05, 3.63) is 33.9 Å². The summed E-state index contributed by atoms with van der Waals surface area (Å²) in [6.45, 7) is 1.95. The molecule has 11 heteroatoms. The molecule has 1 aromatic carbocycles. The van der Waals surface area contributed by atoms with Gasteiger partial charge in [-0.2, -0.15) is 13.2 Å². The molecule has 1 unspecified atom stereocenters. The highest BCUT2D eigenvalue weighted by Crippen LogP contribution is 2.34. The molecule has 1 aromatic rings. The molecule has 0 aromatic heterocycles. The van der Waals surface area contributed by atoms with E-state index in [-0.39, 0.29) is 49.6 Å². The predicted octanol–water partition coefficient (Wildman–Crippen LogP) is 2.30. The molecule has 0 aliphatic heterocycles. The quantitative estimate of drug-likeness (QED) is 0.387. The fourth-order valence-electron chi connectivity index (χ4n) is 1.77. The average Bonchev–Trinajstić information content (AvgIpc) is 2.41. The molecule has 0 bridgehead atoms. The van der Waals surface area contributed by atoms with E-state index in [1.54, 1.807) is 6.92 Å². The van der Waals surface area contributed by atoms with Crippen LogP contribution in [-0.4, -0.2) is 30.0 Å². The number of amides is 1. The van der Waals surface area contributed by atoms with Gasteiger partial charge < -0.3 is 16.4 Å². The van der Waals surface area contributed by atoms with Gasteiger partial charge in [0.2, 0.25) is 5.91 Å². The van der Waals surface area contributed by atoms with E-state index in [2.05, 4.69) is 10.6 Å². The zero-order chi connectivity index (χ0) is 17.6. The Kier molecular flexibility index (Phi) is 8.48. The van der Waals surface area contributed by atoms with Crippen LogP contribution in [0.1, 0.15) is 18.9 Å². The first kappa shape index (κ1) is 21.9. The number of hydrogen-bond acceptors (Lipinski definition) is 5. The lowest BCUT2D eigenvalue weighted by Crippen LogP contribution is -2.33. The van der Waals surface area contributed by atoms with Crippen LogP contribution in [0.15, 0.2) is 18.2 Å². The second-order valence-corrected chi connectivity index (χ2v) is 4.94. The van der Waals surface area contributed by atoms with Gasteiger partial charge in [0.05, 0.1) is 10.5 Å². The van der Waals surface area contributed by atoms with E-state index in [9.17, 15) is 28.1 Å². The molecule has 136 valence electrons. The van der Waals surface area contributed by atoms with Crippen LogP contribution in [0.3, 0.4) is 0 Å². The van der Waals surface area contributed by atoms with Crippen molar-refractivity contribution in [2.45, 2.75) is 25.6 Å². The number of nitrogens with two attached hydrogens (primary N) is 1. The van der Waals surface area contributed by atoms with Crippen molar-refractivity contribution in [3.8, 4) is 0 Å². The van der Waals surface area contributed by atoms with Crippen molar-refractivity contribution in [2.24, 2.45) is 5.73 Å². The van der Waals surface area contributed by atoms with Crippen LogP contribution in [0.5, 0.6) is 0 Å². The molecule has 4 N–H and O–H groups in total. The number of hydrogen-bond donors (Lipinski definition) is 3. The minimum atomic E-state index is -4.66. The van der Waals surface area contributed by atoms with Crippen LogP contribution in [-0.2, 0) is 11.0 Å². The number of anilines is 1. The fourth-order valence-corrected chi connectivity index (χ4v) is 1.77. The summed E-state index contributed by atoms with van der Waals surface area (Å²) >= 11 is 0. The van der Waals surface area contributed by atoms with E-state index in [1.165, 1.54) is 0 Å². The first-order valence-electron chi connectivity index (χ1n) is 6.73. The molecule has 0 radical (unpaired) electrons. The second kappa shape index (κ2) is 9.28. The summed E-state index contributed by atoms with van der Waals surface area (Å²) in [7, 11) is 0. The van der Waals surface area contributed by atoms with E-state index in [0.717, 1.165) is 12.1 Å². The topological polar surface area (TPSA) is 110 Å². The molecule has 1 amide bonds. The van der Waals surface area contributed by atoms with Gasteiger partial charge in [0, 0.05) is 31.6 Å². The summed E-state index contributed by atoms with van der Waals surface area (Å²) < 4.78 is 37.7. The van der Waals surface area contributed by atoms with E-state index in [0.29, 0.717) is 6.07 Å². The normalized spacial score (nSPS) is 12.0. The number of carbonyl (C=O) groups is 1. The Bertz CT molecular complexity index is 582. The van der Waals surface area contributed by atoms with E-state index in [1.807, 2.05) is 0 Å². The van der Waals surface area contributed by atoms with Gasteiger partial charge in [-0.25, -0.2) is 0 Å². The molecule has 1 atom stereocenters. The zero-order valence-electron chi connectivity index (χ0n) is 12.7. The van der Waals surface area contributed by atoms with Crippen molar-refractivity contribution in [1.82, 2.24) is 5.32 Å². The molecule has 0 aliphatic carbocycles. The van der Waals surface area contributed by atoms with E-state index < -0.39 is 22.4 Å². The Balaban J connectivity index is 0.00000529. The van der Waals surface area contributed by atoms with Gasteiger partial charge in [-0.15, -0.1) is 12.4 Å². The average molecular weight is 371 g/mol. The maximum absolute atomic E-state index is 12.6. The van der Waals surface area contributed by atoms with Gasteiger partial charge in [0.25, 0.3) is 5.69 Å². The van der Waals surface area contributed by atoms with Crippen molar-refractivity contribution in [2.75, 3.05) is 18.4 Å². The SMILES string of the molecule is CC(N)CC(=O)NCCNc1ccc(C(F)(F)F)cc1[N+](=O)[O-].Cl. The van der Waals surface area contributed by atoms with Gasteiger partial charge in [-0.3, -0.25) is 14.9 Å². The van der Waals surface area contributed by atoms with E-state index in [4.69, 9.17) is 5.73 Å². The molecule has 7 nitrogen and oxygen atoms in total. The van der Waals surface area contributed by atoms with Crippen molar-refractivity contribution in [1.29, 1.82) is 0 Å². The standard InChI is InChI=1S/C13H17F3N4O3.ClH/c1-8(17)6-12(21)19-5-4-18-10-3-2-9(13(14,15)16)7-11(10)20(22)23;/h2-3,7-8,18H,4-6,17H2,1H3,(H,19,21);1H. The minimum absolute atomic E-state index is 0. The number of benzene rings is 1. The highest BCUT2D eigenvalue weighted by molar-refractivity contribution is 5.85. The summed E-state index contributed by atoms with van der Waals surface area (Å²) in [5, 5.41) is 16.0. The van der Waals surface area contributed by atoms with Crippen molar-refractivity contribution >= 4 is 29.7 Å². The maximum atomic E-state index is 12.6. The number of alkyl halides is 3. The lowest BCUT2D eigenvalue weighted by atomic mass is 10.1. The highest BCUT2D eigenvalue weighted by atomic mass is 35.5. The molecule has 1 rings (SSSR count). The molecule has 0 saturated carbocycles. The molecule has 0 saturated heterocycles. The third-order valence-corrected chi connectivity index (χ3v) is 2.79. The molecule has 0 spiro atoms. The third kappa shape index (κ3) is 7.01. The molecule has 0 heterocycles. The van der Waals surface area contributed by atoms with Gasteiger partial charge in [-0.05, 0) is 19.1 Å². The largest absolute Gasteiger partial charge is 0.416 e. The van der Waals surface area contributed by atoms with Crippen LogP contribution in [0.25, 0.3) is 0 Å². The summed E-state index contributed by atoms with van der Waals surface area (Å²) in [4.78, 5) is 21.3. The highest BCUT2D eigenvalue weighted by Gasteiger charge is 2.32. The third-order valence-electron chi connectivity index (χ3n) is 2.79. The number of nitro groups is 1. The first-order chi connectivity index (χ1) is 10.6. The zero-order valence-corrected chi connectivity index (χ0v) is 13.5. The molecule has 24 heavy (non-hydrogen) atoms. The fraction of sp³-hybridized carbons (Fsp3) is 0.462. The Morgan fingerprint density at radius 3 is 2.50 bits per heavy atom. The van der Waals surface area contributed by atoms with Crippen LogP contribution in [0.2, 0.25) is 0 Å². The number of nitrogens with zero attached hydrogens (tertiary/aromatic N) is 1. The first-order valence-corrected chi connectivity index (χ1v) is 6.73. The van der Waals surface area contributed by atoms with Gasteiger partial charge in [0.1, 0.15) is 5.69 Å². The monoisotopic (exact) mass is 370 g/mol. The molecular formula is C13H18ClF3N4O3. The summed E-state index contributed by atoms with van der Waals surface area (Å²) in [6, 6.07) is 1.92. The van der Waals surface area contributed by atoms with Crippen LogP contribution in [0.4, 0.5) is 24.5 Å². The number of nitro benzene ring substituents is 1. The van der Waals surface area contributed by atoms with Crippen molar-refractivity contribution < 1.29 is 22.9 Å². The lowest BCUT2D eigenvalue weighted by molar-refractivity contribution is -0.384. The summed E-state index contributed by atoms with van der Waals surface area (Å²) in [6.07, 6.45) is -4.52. The van der Waals surface area contributed by atoms with Crippen LogP contribution < -0.4 is 16.4 Å². The predicted molar refractivity (Wildman–Crippen MR) is 85.1 cm³/mol. The Hall–Kier alpha value is -2.07. The number of carbonyl (C=O) groups excluding carboxylic acids is 1. The lowest BCUT2D eigenvalue weighted by Gasteiger charge is -2.11. The van der Waals surface area contributed by atoms with Crippen molar-refractivity contribution in [3.63, 3.8) is 0 Å². The minimum Gasteiger partial charge on any atom is -0.378 e. The Morgan fingerprint density at radius 2 is 2.00 bits per heavy atom. The van der Waals surface area contributed by atoms with Gasteiger partial charge in [-0.1, -0.05) is 0 Å². The summed E-state index contributed by atoms with van der Waals surface area (Å²) in [5.74, 6) is -0.274. The molecular weight excluding hydrogens is 353 g/mol. The van der Waals surface area contributed by atoms with E-state index >= 15 is 0 Å². The number of halogens is 4. The van der Waals surface area contributed by atoms with Crippen LogP contribution >= 0.6 is 12.4 Å². The smallest absolute Gasteiger partial charge is 0.378 e. The molecule has 0 fully saturated rings. The summed E-state index contributed by atoms with van der Waals surface area (Å²) in [5.41, 5.74) is 3.62. The Labute approximate surface area is 142 Å². The Morgan fingerprint density at radius 1 is 1.38 bits per heavy atom. The number of rotatable bonds is 7. The van der Waals surface area contributed by atoms with Gasteiger partial charge in [0.15, 0.2) is 0 Å². The molecule has 0 aliphatic rings. The number of nitrogens with one attached hydrogen (secondary N) is 2. The second-order valence-electron chi connectivity index (χ2n) is 4.94.